The third-order valence-electron chi connectivity index (χ3n) is 3.71. The Morgan fingerprint density at radius 1 is 1.52 bits per heavy atom. The van der Waals surface area contributed by atoms with Crippen LogP contribution in [-0.2, 0) is 0 Å². The Hall–Kier alpha value is -1.95. The van der Waals surface area contributed by atoms with E-state index in [1.54, 1.807) is 0 Å². The van der Waals surface area contributed by atoms with Crippen molar-refractivity contribution in [1.29, 1.82) is 0 Å². The molecule has 2 aromatic rings. The summed E-state index contributed by atoms with van der Waals surface area (Å²) in [5.41, 5.74) is 8.21. The molecule has 21 heavy (non-hydrogen) atoms. The zero-order valence-electron chi connectivity index (χ0n) is 12.3. The van der Waals surface area contributed by atoms with Gasteiger partial charge in [0.15, 0.2) is 0 Å². The number of nitrogens with zero attached hydrogens (tertiary/aromatic N) is 2. The van der Waals surface area contributed by atoms with Crippen LogP contribution in [0.1, 0.15) is 60.3 Å². The molecule has 0 bridgehead atoms. The molecule has 1 fully saturated rings. The molecule has 0 atom stereocenters. The minimum atomic E-state index is -0.139. The van der Waals surface area contributed by atoms with Crippen LogP contribution >= 0.6 is 0 Å². The van der Waals surface area contributed by atoms with E-state index >= 15 is 0 Å². The van der Waals surface area contributed by atoms with Gasteiger partial charge in [0.25, 0.3) is 11.6 Å². The summed E-state index contributed by atoms with van der Waals surface area (Å²) in [4.78, 5) is 17.0. The van der Waals surface area contributed by atoms with Gasteiger partial charge in [-0.25, -0.2) is 4.98 Å². The predicted octanol–water partition coefficient (Wildman–Crippen LogP) is 1.91. The second-order valence-electron chi connectivity index (χ2n) is 5.82. The topological polar surface area (TPSA) is 94.0 Å². The summed E-state index contributed by atoms with van der Waals surface area (Å²) in [6.07, 6.45) is 2.24. The van der Waals surface area contributed by atoms with E-state index in [0.29, 0.717) is 30.3 Å². The maximum atomic E-state index is 12.4. The smallest absolute Gasteiger partial charge is 0.259 e. The van der Waals surface area contributed by atoms with Gasteiger partial charge in [-0.3, -0.25) is 4.79 Å². The first kappa shape index (κ1) is 14.0. The highest BCUT2D eigenvalue weighted by atomic mass is 16.5. The van der Waals surface area contributed by atoms with Crippen molar-refractivity contribution in [3.63, 3.8) is 0 Å². The van der Waals surface area contributed by atoms with E-state index in [2.05, 4.69) is 15.5 Å². The number of amides is 1. The third kappa shape index (κ3) is 2.63. The first-order chi connectivity index (χ1) is 10.1. The molecule has 3 N–H and O–H groups in total. The van der Waals surface area contributed by atoms with Crippen LogP contribution in [0.5, 0.6) is 0 Å². The number of carbonyl (C=O) groups is 1. The van der Waals surface area contributed by atoms with Gasteiger partial charge in [-0.1, -0.05) is 19.0 Å². The van der Waals surface area contributed by atoms with E-state index in [4.69, 9.17) is 10.3 Å². The van der Waals surface area contributed by atoms with Crippen LogP contribution in [0.15, 0.2) is 10.6 Å². The third-order valence-corrected chi connectivity index (χ3v) is 3.71. The van der Waals surface area contributed by atoms with Gasteiger partial charge >= 0.3 is 0 Å². The molecule has 0 aliphatic heterocycles. The Morgan fingerprint density at radius 2 is 2.29 bits per heavy atom. The minimum Gasteiger partial charge on any atom is -0.351 e. The number of hydrogen-bond acceptors (Lipinski definition) is 5. The monoisotopic (exact) mass is 288 g/mol. The molecule has 6 nitrogen and oxygen atoms in total. The van der Waals surface area contributed by atoms with Crippen LogP contribution in [0.3, 0.4) is 0 Å². The number of nitrogens with two attached hydrogens (primary N) is 1. The van der Waals surface area contributed by atoms with Crippen LogP contribution < -0.4 is 11.1 Å². The molecule has 6 heteroatoms. The highest BCUT2D eigenvalue weighted by molar-refractivity contribution is 6.06. The second kappa shape index (κ2) is 5.44. The molecule has 0 aromatic carbocycles. The van der Waals surface area contributed by atoms with Gasteiger partial charge in [0.1, 0.15) is 0 Å². The number of nitrogens with one attached hydrogen (secondary N) is 1. The predicted molar refractivity (Wildman–Crippen MR) is 79.3 cm³/mol. The van der Waals surface area contributed by atoms with E-state index in [0.717, 1.165) is 29.6 Å². The molecule has 1 amide bonds. The maximum absolute atomic E-state index is 12.4. The fourth-order valence-electron chi connectivity index (χ4n) is 2.43. The van der Waals surface area contributed by atoms with Crippen LogP contribution in [0.2, 0.25) is 0 Å². The summed E-state index contributed by atoms with van der Waals surface area (Å²) in [7, 11) is 0. The highest BCUT2D eigenvalue weighted by Crippen LogP contribution is 2.40. The molecule has 2 heterocycles. The van der Waals surface area contributed by atoms with Crippen molar-refractivity contribution in [2.24, 2.45) is 5.73 Å². The lowest BCUT2D eigenvalue weighted by Crippen LogP contribution is -2.29. The molecule has 3 rings (SSSR count). The molecule has 0 radical (unpaired) electrons. The van der Waals surface area contributed by atoms with E-state index in [9.17, 15) is 4.79 Å². The van der Waals surface area contributed by atoms with Crippen molar-refractivity contribution < 1.29 is 9.32 Å². The first-order valence-corrected chi connectivity index (χ1v) is 7.40. The number of rotatable bonds is 5. The zero-order valence-corrected chi connectivity index (χ0v) is 12.3. The Morgan fingerprint density at radius 3 is 2.90 bits per heavy atom. The van der Waals surface area contributed by atoms with Crippen molar-refractivity contribution in [1.82, 2.24) is 15.5 Å². The van der Waals surface area contributed by atoms with Crippen LogP contribution in [0.4, 0.5) is 0 Å². The largest absolute Gasteiger partial charge is 0.351 e. The molecular formula is C15H20N4O2. The summed E-state index contributed by atoms with van der Waals surface area (Å²) < 4.78 is 5.36. The van der Waals surface area contributed by atoms with Crippen LogP contribution in [-0.4, -0.2) is 29.1 Å². The van der Waals surface area contributed by atoms with E-state index in [1.165, 1.54) is 0 Å². The van der Waals surface area contributed by atoms with Gasteiger partial charge < -0.3 is 15.6 Å². The van der Waals surface area contributed by atoms with E-state index in [-0.39, 0.29) is 11.8 Å². The Labute approximate surface area is 123 Å². The average Bonchev–Trinajstić information content (AvgIpc) is 3.22. The highest BCUT2D eigenvalue weighted by Gasteiger charge is 2.29. The molecule has 1 saturated carbocycles. The van der Waals surface area contributed by atoms with Crippen molar-refractivity contribution in [2.45, 2.75) is 38.5 Å². The van der Waals surface area contributed by atoms with Gasteiger partial charge in [-0.05, 0) is 24.8 Å². The van der Waals surface area contributed by atoms with Crippen molar-refractivity contribution in [3.8, 4) is 0 Å². The number of pyridine rings is 1. The molecule has 1 aliphatic carbocycles. The van der Waals surface area contributed by atoms with Gasteiger partial charge in [-0.2, -0.15) is 0 Å². The van der Waals surface area contributed by atoms with Gasteiger partial charge in [0, 0.05) is 24.7 Å². The van der Waals surface area contributed by atoms with Gasteiger partial charge in [0.05, 0.1) is 16.6 Å². The minimum absolute atomic E-state index is 0.139. The second-order valence-corrected chi connectivity index (χ2v) is 5.82. The van der Waals surface area contributed by atoms with Crippen molar-refractivity contribution >= 4 is 17.0 Å². The first-order valence-electron chi connectivity index (χ1n) is 7.40. The summed E-state index contributed by atoms with van der Waals surface area (Å²) in [6.45, 7) is 4.90. The quantitative estimate of drug-likeness (QED) is 0.876. The van der Waals surface area contributed by atoms with Crippen molar-refractivity contribution in [2.75, 3.05) is 13.1 Å². The van der Waals surface area contributed by atoms with Crippen molar-refractivity contribution in [3.05, 3.63) is 23.0 Å². The zero-order chi connectivity index (χ0) is 15.0. The van der Waals surface area contributed by atoms with Gasteiger partial charge in [0.2, 0.25) is 0 Å². The Balaban J connectivity index is 2.12. The van der Waals surface area contributed by atoms with E-state index in [1.807, 2.05) is 19.9 Å². The molecule has 0 saturated heterocycles. The SMILES string of the molecule is CC(C)c1noc2nc(C3CC3)cc(C(=O)NCCN)c12. The summed E-state index contributed by atoms with van der Waals surface area (Å²) in [5.74, 6) is 0.476. The van der Waals surface area contributed by atoms with E-state index < -0.39 is 0 Å². The summed E-state index contributed by atoms with van der Waals surface area (Å²) >= 11 is 0. The standard InChI is InChI=1S/C15H20N4O2/c1-8(2)13-12-10(14(20)17-6-5-16)7-11(9-3-4-9)18-15(12)21-19-13/h7-9H,3-6,16H2,1-2H3,(H,17,20). The molecule has 2 aromatic heterocycles. The fraction of sp³-hybridized carbons (Fsp3) is 0.533. The average molecular weight is 288 g/mol. The molecular weight excluding hydrogens is 268 g/mol. The Bertz CT molecular complexity index is 674. The molecule has 112 valence electrons. The van der Waals surface area contributed by atoms with Gasteiger partial charge in [-0.15, -0.1) is 0 Å². The number of hydrogen-bond donors (Lipinski definition) is 2. The number of carbonyl (C=O) groups excluding carboxylic acids is 1. The lowest BCUT2D eigenvalue weighted by molar-refractivity contribution is 0.0956. The maximum Gasteiger partial charge on any atom is 0.259 e. The molecule has 1 aliphatic rings. The Kier molecular flexibility index (Phi) is 3.63. The van der Waals surface area contributed by atoms with Crippen LogP contribution in [0, 0.1) is 0 Å². The number of aromatic nitrogens is 2. The molecule has 0 spiro atoms. The lowest BCUT2D eigenvalue weighted by atomic mass is 10.0. The number of fused-ring (bicyclic) bond motifs is 1. The molecule has 0 unspecified atom stereocenters. The fourth-order valence-corrected chi connectivity index (χ4v) is 2.43. The van der Waals surface area contributed by atoms with Crippen LogP contribution in [0.25, 0.3) is 11.1 Å². The summed E-state index contributed by atoms with van der Waals surface area (Å²) in [5, 5.41) is 7.64. The lowest BCUT2D eigenvalue weighted by Gasteiger charge is -2.08. The normalized spacial score (nSPS) is 14.9. The summed E-state index contributed by atoms with van der Waals surface area (Å²) in [6, 6.07) is 1.88.